The number of nitrogens with one attached hydrogen (secondary N) is 1. The Bertz CT molecular complexity index is 341. The Morgan fingerprint density at radius 1 is 1.57 bits per heavy atom. The maximum absolute atomic E-state index is 5.71. The molecule has 1 aromatic rings. The summed E-state index contributed by atoms with van der Waals surface area (Å²) in [6, 6.07) is 0.316. The number of nitrogens with zero attached hydrogens (tertiary/aromatic N) is 2. The van der Waals surface area contributed by atoms with Crippen molar-refractivity contribution < 1.29 is 0 Å². The molecule has 1 aromatic heterocycles. The van der Waals surface area contributed by atoms with Crippen molar-refractivity contribution in [2.45, 2.75) is 39.7 Å². The van der Waals surface area contributed by atoms with Crippen molar-refractivity contribution in [3.63, 3.8) is 0 Å². The van der Waals surface area contributed by atoms with Gasteiger partial charge >= 0.3 is 0 Å². The van der Waals surface area contributed by atoms with E-state index in [1.54, 1.807) is 0 Å². The molecule has 2 unspecified atom stereocenters. The quantitative estimate of drug-likeness (QED) is 0.757. The van der Waals surface area contributed by atoms with Gasteiger partial charge in [-0.25, -0.2) is 5.10 Å². The number of hydrogen-bond acceptors (Lipinski definition) is 3. The Hall–Kier alpha value is -0.840. The van der Waals surface area contributed by atoms with Gasteiger partial charge < -0.3 is 5.73 Å². The zero-order valence-corrected chi connectivity index (χ0v) is 9.77. The second-order valence-corrected chi connectivity index (χ2v) is 4.24. The van der Waals surface area contributed by atoms with Crippen molar-refractivity contribution in [3.8, 4) is 0 Å². The number of anilines is 1. The van der Waals surface area contributed by atoms with Gasteiger partial charge in [-0.3, -0.25) is 4.57 Å². The highest BCUT2D eigenvalue weighted by atomic mass is 32.1. The first-order chi connectivity index (χ1) is 6.56. The van der Waals surface area contributed by atoms with Crippen molar-refractivity contribution in [2.24, 2.45) is 5.92 Å². The molecule has 1 heterocycles. The van der Waals surface area contributed by atoms with E-state index in [-0.39, 0.29) is 0 Å². The summed E-state index contributed by atoms with van der Waals surface area (Å²) < 4.78 is 2.49. The molecule has 0 aliphatic heterocycles. The summed E-state index contributed by atoms with van der Waals surface area (Å²) in [4.78, 5) is 0. The Morgan fingerprint density at radius 2 is 2.21 bits per heavy atom. The molecule has 4 nitrogen and oxygen atoms in total. The van der Waals surface area contributed by atoms with Gasteiger partial charge in [0, 0.05) is 6.04 Å². The van der Waals surface area contributed by atoms with E-state index in [9.17, 15) is 0 Å². The summed E-state index contributed by atoms with van der Waals surface area (Å²) in [5, 5.41) is 6.59. The minimum absolute atomic E-state index is 0.316. The molecule has 0 saturated heterocycles. The van der Waals surface area contributed by atoms with Gasteiger partial charge in [0.1, 0.15) is 0 Å². The van der Waals surface area contributed by atoms with Crippen LogP contribution in [-0.2, 0) is 0 Å². The van der Waals surface area contributed by atoms with Gasteiger partial charge in [-0.15, -0.1) is 5.10 Å². The molecule has 0 amide bonds. The van der Waals surface area contributed by atoms with Gasteiger partial charge in [-0.1, -0.05) is 20.3 Å². The number of hydrogen-bond donors (Lipinski definition) is 2. The minimum atomic E-state index is 0.316. The normalized spacial score (nSPS) is 15.4. The standard InChI is InChI=1S/C9H18N4S/c1-4-6(2)5-7(3)13-8(10)11-12-9(13)14/h6-7H,4-5H2,1-3H3,(H2,10,11)(H,12,14). The van der Waals surface area contributed by atoms with Crippen LogP contribution in [0.1, 0.15) is 39.7 Å². The average Bonchev–Trinajstić information content (AvgIpc) is 2.46. The number of aromatic nitrogens is 3. The summed E-state index contributed by atoms with van der Waals surface area (Å²) in [6.45, 7) is 6.54. The van der Waals surface area contributed by atoms with Crippen molar-refractivity contribution >= 4 is 18.2 Å². The van der Waals surface area contributed by atoms with Crippen LogP contribution in [0.25, 0.3) is 0 Å². The molecule has 0 radical (unpaired) electrons. The third kappa shape index (κ3) is 2.35. The lowest BCUT2D eigenvalue weighted by Crippen LogP contribution is -2.12. The van der Waals surface area contributed by atoms with E-state index in [2.05, 4.69) is 31.0 Å². The van der Waals surface area contributed by atoms with Crippen LogP contribution in [0.4, 0.5) is 5.95 Å². The van der Waals surface area contributed by atoms with Gasteiger partial charge in [0.2, 0.25) is 5.95 Å². The molecule has 14 heavy (non-hydrogen) atoms. The van der Waals surface area contributed by atoms with E-state index in [1.165, 1.54) is 6.42 Å². The Labute approximate surface area is 89.5 Å². The average molecular weight is 214 g/mol. The molecule has 2 atom stereocenters. The molecule has 0 fully saturated rings. The maximum atomic E-state index is 5.71. The molecule has 0 spiro atoms. The third-order valence-corrected chi connectivity index (χ3v) is 2.90. The van der Waals surface area contributed by atoms with Crippen molar-refractivity contribution in [1.29, 1.82) is 0 Å². The fourth-order valence-corrected chi connectivity index (χ4v) is 1.92. The number of rotatable bonds is 4. The smallest absolute Gasteiger partial charge is 0.220 e. The van der Waals surface area contributed by atoms with E-state index in [1.807, 2.05) is 4.57 Å². The second-order valence-electron chi connectivity index (χ2n) is 3.86. The SMILES string of the molecule is CCC(C)CC(C)n1c(N)n[nH]c1=S. The predicted molar refractivity (Wildman–Crippen MR) is 60.6 cm³/mol. The molecule has 0 saturated carbocycles. The first kappa shape index (κ1) is 11.2. The van der Waals surface area contributed by atoms with Gasteiger partial charge in [0.25, 0.3) is 0 Å². The molecule has 0 bridgehead atoms. The van der Waals surface area contributed by atoms with Crippen molar-refractivity contribution in [3.05, 3.63) is 4.77 Å². The van der Waals surface area contributed by atoms with Crippen LogP contribution in [0.15, 0.2) is 0 Å². The van der Waals surface area contributed by atoms with Crippen molar-refractivity contribution in [2.75, 3.05) is 5.73 Å². The number of nitrogens with two attached hydrogens (primary N) is 1. The van der Waals surface area contributed by atoms with Crippen LogP contribution >= 0.6 is 12.2 Å². The largest absolute Gasteiger partial charge is 0.368 e. The first-order valence-corrected chi connectivity index (χ1v) is 5.39. The van der Waals surface area contributed by atoms with Gasteiger partial charge in [-0.05, 0) is 31.5 Å². The Balaban J connectivity index is 2.79. The molecule has 3 N–H and O–H groups in total. The second kappa shape index (κ2) is 4.59. The van der Waals surface area contributed by atoms with Gasteiger partial charge in [0.05, 0.1) is 0 Å². The molecular weight excluding hydrogens is 196 g/mol. The summed E-state index contributed by atoms with van der Waals surface area (Å²) in [6.07, 6.45) is 2.25. The molecule has 5 heteroatoms. The highest BCUT2D eigenvalue weighted by Crippen LogP contribution is 2.21. The van der Waals surface area contributed by atoms with Crippen LogP contribution in [0.5, 0.6) is 0 Å². The lowest BCUT2D eigenvalue weighted by atomic mass is 10.0. The lowest BCUT2D eigenvalue weighted by Gasteiger charge is -2.17. The molecule has 80 valence electrons. The molecule has 0 aromatic carbocycles. The predicted octanol–water partition coefficient (Wildman–Crippen LogP) is 2.52. The zero-order chi connectivity index (χ0) is 10.7. The molecule has 1 rings (SSSR count). The Morgan fingerprint density at radius 3 is 2.64 bits per heavy atom. The summed E-state index contributed by atoms with van der Waals surface area (Å²) in [5.41, 5.74) is 5.71. The first-order valence-electron chi connectivity index (χ1n) is 4.98. The third-order valence-electron chi connectivity index (χ3n) is 2.61. The van der Waals surface area contributed by atoms with Crippen LogP contribution in [0, 0.1) is 10.7 Å². The van der Waals surface area contributed by atoms with Crippen molar-refractivity contribution in [1.82, 2.24) is 14.8 Å². The summed E-state index contributed by atoms with van der Waals surface area (Å²) in [7, 11) is 0. The molecule has 0 aliphatic carbocycles. The van der Waals surface area contributed by atoms with E-state index in [0.717, 1.165) is 6.42 Å². The van der Waals surface area contributed by atoms with Crippen LogP contribution in [0.2, 0.25) is 0 Å². The zero-order valence-electron chi connectivity index (χ0n) is 8.95. The highest BCUT2D eigenvalue weighted by Gasteiger charge is 2.12. The molecular formula is C9H18N4S. The fourth-order valence-electron chi connectivity index (χ4n) is 1.60. The summed E-state index contributed by atoms with van der Waals surface area (Å²) in [5.74, 6) is 1.16. The molecule has 0 aliphatic rings. The monoisotopic (exact) mass is 214 g/mol. The lowest BCUT2D eigenvalue weighted by molar-refractivity contribution is 0.398. The Kier molecular flexibility index (Phi) is 3.69. The van der Waals surface area contributed by atoms with Crippen LogP contribution < -0.4 is 5.73 Å². The van der Waals surface area contributed by atoms with Gasteiger partial charge in [0.15, 0.2) is 4.77 Å². The topological polar surface area (TPSA) is 59.6 Å². The minimum Gasteiger partial charge on any atom is -0.368 e. The van der Waals surface area contributed by atoms with Crippen LogP contribution in [-0.4, -0.2) is 14.8 Å². The van der Waals surface area contributed by atoms with E-state index in [4.69, 9.17) is 18.0 Å². The number of aromatic amines is 1. The number of nitrogen functional groups attached to an aromatic ring is 1. The van der Waals surface area contributed by atoms with Crippen LogP contribution in [0.3, 0.4) is 0 Å². The number of H-pyrrole nitrogens is 1. The highest BCUT2D eigenvalue weighted by molar-refractivity contribution is 7.71. The van der Waals surface area contributed by atoms with E-state index < -0.39 is 0 Å². The van der Waals surface area contributed by atoms with E-state index >= 15 is 0 Å². The maximum Gasteiger partial charge on any atom is 0.220 e. The summed E-state index contributed by atoms with van der Waals surface area (Å²) >= 11 is 5.10. The van der Waals surface area contributed by atoms with Gasteiger partial charge in [-0.2, -0.15) is 0 Å². The fraction of sp³-hybridized carbons (Fsp3) is 0.778. The van der Waals surface area contributed by atoms with E-state index in [0.29, 0.717) is 22.7 Å².